The Labute approximate surface area is 119 Å². The largest absolute Gasteiger partial charge is 0.357 e. The van der Waals surface area contributed by atoms with Crippen LogP contribution >= 0.6 is 0 Å². The second-order valence-electron chi connectivity index (χ2n) is 4.97. The monoisotopic (exact) mass is 295 g/mol. The maximum absolute atomic E-state index is 11.9. The first kappa shape index (κ1) is 14.9. The molecule has 1 aromatic heterocycles. The van der Waals surface area contributed by atoms with Gasteiger partial charge in [-0.25, -0.2) is 8.42 Å². The van der Waals surface area contributed by atoms with Gasteiger partial charge in [-0.1, -0.05) is 13.3 Å². The summed E-state index contributed by atoms with van der Waals surface area (Å²) in [5, 5.41) is 1.00. The lowest BCUT2D eigenvalue weighted by molar-refractivity contribution is 0.598. The average molecular weight is 295 g/mol. The molecule has 0 unspecified atom stereocenters. The average Bonchev–Trinajstić information content (AvgIpc) is 2.73. The van der Waals surface area contributed by atoms with Crippen molar-refractivity contribution in [1.29, 1.82) is 0 Å². The van der Waals surface area contributed by atoms with Crippen LogP contribution in [0.25, 0.3) is 10.9 Å². The zero-order valence-electron chi connectivity index (χ0n) is 11.9. The molecule has 0 aliphatic heterocycles. The first-order chi connectivity index (χ1) is 9.46. The van der Waals surface area contributed by atoms with Crippen LogP contribution in [0.2, 0.25) is 0 Å². The van der Waals surface area contributed by atoms with E-state index in [1.165, 1.54) is 0 Å². The summed E-state index contributed by atoms with van der Waals surface area (Å²) in [6.45, 7) is 4.40. The van der Waals surface area contributed by atoms with Crippen molar-refractivity contribution in [3.8, 4) is 0 Å². The fourth-order valence-electron chi connectivity index (χ4n) is 2.21. The minimum Gasteiger partial charge on any atom is -0.357 e. The zero-order chi connectivity index (χ0) is 14.8. The van der Waals surface area contributed by atoms with Crippen molar-refractivity contribution in [3.05, 3.63) is 29.5 Å². The number of rotatable bonds is 6. The quantitative estimate of drug-likeness (QED) is 0.765. The maximum atomic E-state index is 11.9. The van der Waals surface area contributed by atoms with Crippen molar-refractivity contribution in [2.24, 2.45) is 5.73 Å². The first-order valence-corrected chi connectivity index (χ1v) is 8.44. The van der Waals surface area contributed by atoms with E-state index in [9.17, 15) is 8.42 Å². The second kappa shape index (κ2) is 5.85. The third-order valence-corrected chi connectivity index (χ3v) is 4.78. The molecule has 2 rings (SSSR count). The van der Waals surface area contributed by atoms with Crippen LogP contribution in [0.15, 0.2) is 18.2 Å². The van der Waals surface area contributed by atoms with Gasteiger partial charge in [0.15, 0.2) is 0 Å². The summed E-state index contributed by atoms with van der Waals surface area (Å²) >= 11 is 0. The summed E-state index contributed by atoms with van der Waals surface area (Å²) in [5.41, 5.74) is 9.28. The van der Waals surface area contributed by atoms with Crippen LogP contribution in [-0.4, -0.2) is 19.2 Å². The maximum Gasteiger partial charge on any atom is 0.232 e. The molecule has 6 heteroatoms. The Morgan fingerprint density at radius 2 is 2.10 bits per heavy atom. The number of hydrogen-bond donors (Lipinski definition) is 3. The Hall–Kier alpha value is -1.53. The lowest BCUT2D eigenvalue weighted by atomic mass is 10.1. The molecule has 1 heterocycles. The smallest absolute Gasteiger partial charge is 0.232 e. The molecule has 0 saturated carbocycles. The molecular weight excluding hydrogens is 274 g/mol. The van der Waals surface area contributed by atoms with Gasteiger partial charge in [-0.15, -0.1) is 0 Å². The van der Waals surface area contributed by atoms with E-state index in [4.69, 9.17) is 5.73 Å². The van der Waals surface area contributed by atoms with Crippen molar-refractivity contribution in [3.63, 3.8) is 0 Å². The van der Waals surface area contributed by atoms with E-state index in [-0.39, 0.29) is 5.75 Å². The molecular formula is C14H21N3O2S. The number of nitrogens with one attached hydrogen (secondary N) is 2. The first-order valence-electron chi connectivity index (χ1n) is 6.78. The van der Waals surface area contributed by atoms with Gasteiger partial charge in [0, 0.05) is 28.8 Å². The molecule has 1 aromatic carbocycles. The molecule has 5 nitrogen and oxygen atoms in total. The third kappa shape index (κ3) is 3.13. The molecule has 0 fully saturated rings. The molecule has 0 atom stereocenters. The van der Waals surface area contributed by atoms with Gasteiger partial charge in [0.05, 0.1) is 5.75 Å². The molecule has 0 amide bonds. The predicted octanol–water partition coefficient (Wildman–Crippen LogP) is 2.48. The van der Waals surface area contributed by atoms with Crippen molar-refractivity contribution in [1.82, 2.24) is 4.98 Å². The van der Waals surface area contributed by atoms with Gasteiger partial charge in [-0.2, -0.15) is 0 Å². The van der Waals surface area contributed by atoms with Gasteiger partial charge in [0.25, 0.3) is 0 Å². The van der Waals surface area contributed by atoms with E-state index in [0.717, 1.165) is 28.6 Å². The van der Waals surface area contributed by atoms with Gasteiger partial charge in [0.2, 0.25) is 10.0 Å². The SMILES string of the molecule is CCCCS(=O)(=O)Nc1ccc2[nH]c(CN)c(C)c2c1. The van der Waals surface area contributed by atoms with Crippen LogP contribution in [0.1, 0.15) is 31.0 Å². The summed E-state index contributed by atoms with van der Waals surface area (Å²) in [5.74, 6) is 0.154. The number of unbranched alkanes of at least 4 members (excludes halogenated alkanes) is 1. The molecule has 20 heavy (non-hydrogen) atoms. The van der Waals surface area contributed by atoms with Crippen LogP contribution in [0, 0.1) is 6.92 Å². The van der Waals surface area contributed by atoms with E-state index >= 15 is 0 Å². The number of sulfonamides is 1. The fourth-order valence-corrected chi connectivity index (χ4v) is 3.47. The highest BCUT2D eigenvalue weighted by molar-refractivity contribution is 7.92. The number of aryl methyl sites for hydroxylation is 1. The molecule has 110 valence electrons. The summed E-state index contributed by atoms with van der Waals surface area (Å²) < 4.78 is 26.4. The highest BCUT2D eigenvalue weighted by Crippen LogP contribution is 2.25. The van der Waals surface area contributed by atoms with Gasteiger partial charge >= 0.3 is 0 Å². The van der Waals surface area contributed by atoms with E-state index in [2.05, 4.69) is 9.71 Å². The molecule has 0 spiro atoms. The number of H-pyrrole nitrogens is 1. The van der Waals surface area contributed by atoms with Gasteiger partial charge in [-0.05, 0) is 37.1 Å². The van der Waals surface area contributed by atoms with E-state index in [0.29, 0.717) is 18.7 Å². The zero-order valence-corrected chi connectivity index (χ0v) is 12.7. The Balaban J connectivity index is 2.30. The summed E-state index contributed by atoms with van der Waals surface area (Å²) in [6.07, 6.45) is 1.52. The number of aromatic amines is 1. The third-order valence-electron chi connectivity index (χ3n) is 3.41. The number of aromatic nitrogens is 1. The number of anilines is 1. The highest BCUT2D eigenvalue weighted by Gasteiger charge is 2.11. The molecule has 4 N–H and O–H groups in total. The topological polar surface area (TPSA) is 88.0 Å². The summed E-state index contributed by atoms with van der Waals surface area (Å²) in [6, 6.07) is 5.49. The van der Waals surface area contributed by atoms with E-state index in [1.807, 2.05) is 26.0 Å². The molecule has 0 aliphatic carbocycles. The normalized spacial score (nSPS) is 11.9. The highest BCUT2D eigenvalue weighted by atomic mass is 32.2. The fraction of sp³-hybridized carbons (Fsp3) is 0.429. The molecule has 0 aliphatic rings. The second-order valence-corrected chi connectivity index (χ2v) is 6.81. The van der Waals surface area contributed by atoms with Crippen LogP contribution in [-0.2, 0) is 16.6 Å². The number of nitrogens with two attached hydrogens (primary N) is 1. The van der Waals surface area contributed by atoms with Crippen molar-refractivity contribution >= 4 is 26.6 Å². The molecule has 0 radical (unpaired) electrons. The Kier molecular flexibility index (Phi) is 4.35. The van der Waals surface area contributed by atoms with Crippen molar-refractivity contribution < 1.29 is 8.42 Å². The lowest BCUT2D eigenvalue weighted by Crippen LogP contribution is -2.16. The van der Waals surface area contributed by atoms with Gasteiger partial charge in [-0.3, -0.25) is 4.72 Å². The van der Waals surface area contributed by atoms with E-state index < -0.39 is 10.0 Å². The van der Waals surface area contributed by atoms with Crippen LogP contribution in [0.5, 0.6) is 0 Å². The Bertz CT molecular complexity index is 705. The molecule has 2 aromatic rings. The predicted molar refractivity (Wildman–Crippen MR) is 83.2 cm³/mol. The number of benzene rings is 1. The standard InChI is InChI=1S/C14H21N3O2S/c1-3-4-7-20(18,19)17-11-5-6-13-12(8-11)10(2)14(9-15)16-13/h5-6,8,16-17H,3-4,7,9,15H2,1-2H3. The van der Waals surface area contributed by atoms with E-state index in [1.54, 1.807) is 6.07 Å². The van der Waals surface area contributed by atoms with Crippen molar-refractivity contribution in [2.75, 3.05) is 10.5 Å². The molecule has 0 saturated heterocycles. The summed E-state index contributed by atoms with van der Waals surface area (Å²) in [4.78, 5) is 3.24. The summed E-state index contributed by atoms with van der Waals surface area (Å²) in [7, 11) is -3.26. The minimum atomic E-state index is -3.26. The Morgan fingerprint density at radius 3 is 2.75 bits per heavy atom. The van der Waals surface area contributed by atoms with Gasteiger partial charge < -0.3 is 10.7 Å². The van der Waals surface area contributed by atoms with Crippen LogP contribution in [0.3, 0.4) is 0 Å². The lowest BCUT2D eigenvalue weighted by Gasteiger charge is -2.07. The van der Waals surface area contributed by atoms with Gasteiger partial charge in [0.1, 0.15) is 0 Å². The number of fused-ring (bicyclic) bond motifs is 1. The molecule has 0 bridgehead atoms. The minimum absolute atomic E-state index is 0.154. The van der Waals surface area contributed by atoms with Crippen LogP contribution in [0.4, 0.5) is 5.69 Å². The number of hydrogen-bond acceptors (Lipinski definition) is 3. The van der Waals surface area contributed by atoms with Crippen molar-refractivity contribution in [2.45, 2.75) is 33.2 Å². The van der Waals surface area contributed by atoms with Crippen LogP contribution < -0.4 is 10.5 Å². The Morgan fingerprint density at radius 1 is 1.35 bits per heavy atom.